The summed E-state index contributed by atoms with van der Waals surface area (Å²) in [5, 5.41) is 9.31. The minimum absolute atomic E-state index is 0.0113. The smallest absolute Gasteiger partial charge is 0.259 e. The molecule has 1 aromatic rings. The zero-order chi connectivity index (χ0) is 13.2. The van der Waals surface area contributed by atoms with Gasteiger partial charge < -0.3 is 9.67 Å². The number of nitrogens with zero attached hydrogens (tertiary/aromatic N) is 2. The Morgan fingerprint density at radius 1 is 1.50 bits per heavy atom. The van der Waals surface area contributed by atoms with Crippen LogP contribution in [-0.4, -0.2) is 35.7 Å². The Kier molecular flexibility index (Phi) is 4.04. The number of aliphatic hydroxyl groups excluding tert-OH is 1. The zero-order valence-corrected chi connectivity index (χ0v) is 11.2. The maximum absolute atomic E-state index is 12.1. The molecule has 18 heavy (non-hydrogen) atoms. The SMILES string of the molecule is Cn1cnc(S(=O)(=O)NC2CCCCC2CO)c1. The first kappa shape index (κ1) is 13.5. The number of hydrogen-bond donors (Lipinski definition) is 2. The summed E-state index contributed by atoms with van der Waals surface area (Å²) in [5.41, 5.74) is 0. The lowest BCUT2D eigenvalue weighted by Crippen LogP contribution is -2.43. The quantitative estimate of drug-likeness (QED) is 0.823. The molecule has 6 nitrogen and oxygen atoms in total. The molecule has 0 spiro atoms. The van der Waals surface area contributed by atoms with E-state index in [1.54, 1.807) is 11.6 Å². The summed E-state index contributed by atoms with van der Waals surface area (Å²) < 4.78 is 28.5. The molecule has 2 rings (SSSR count). The minimum Gasteiger partial charge on any atom is -0.396 e. The van der Waals surface area contributed by atoms with Crippen LogP contribution in [0.5, 0.6) is 0 Å². The van der Waals surface area contributed by atoms with Gasteiger partial charge in [0.15, 0.2) is 5.03 Å². The van der Waals surface area contributed by atoms with Gasteiger partial charge in [-0.2, -0.15) is 0 Å². The monoisotopic (exact) mass is 273 g/mol. The largest absolute Gasteiger partial charge is 0.396 e. The normalized spacial score (nSPS) is 25.2. The van der Waals surface area contributed by atoms with Gasteiger partial charge in [0.2, 0.25) is 0 Å². The first-order chi connectivity index (χ1) is 8.53. The average Bonchev–Trinajstić information content (AvgIpc) is 2.77. The molecule has 1 heterocycles. The summed E-state index contributed by atoms with van der Waals surface area (Å²) in [6.45, 7) is 0.0232. The van der Waals surface area contributed by atoms with Gasteiger partial charge in [-0.3, -0.25) is 0 Å². The summed E-state index contributed by atoms with van der Waals surface area (Å²) in [4.78, 5) is 3.85. The lowest BCUT2D eigenvalue weighted by atomic mass is 9.86. The van der Waals surface area contributed by atoms with Crippen molar-refractivity contribution in [2.24, 2.45) is 13.0 Å². The maximum Gasteiger partial charge on any atom is 0.259 e. The molecule has 2 N–H and O–H groups in total. The van der Waals surface area contributed by atoms with Crippen molar-refractivity contribution in [2.45, 2.75) is 36.8 Å². The van der Waals surface area contributed by atoms with Crippen molar-refractivity contribution < 1.29 is 13.5 Å². The summed E-state index contributed by atoms with van der Waals surface area (Å²) >= 11 is 0. The second-order valence-electron chi connectivity index (χ2n) is 4.83. The Balaban J connectivity index is 2.12. The summed E-state index contributed by atoms with van der Waals surface area (Å²) in [7, 11) is -1.85. The van der Waals surface area contributed by atoms with Crippen molar-refractivity contribution in [1.29, 1.82) is 0 Å². The first-order valence-electron chi connectivity index (χ1n) is 6.14. The number of rotatable bonds is 4. The zero-order valence-electron chi connectivity index (χ0n) is 10.4. The molecule has 1 fully saturated rings. The third-order valence-corrected chi connectivity index (χ3v) is 4.78. The second kappa shape index (κ2) is 5.38. The van der Waals surface area contributed by atoms with E-state index in [1.165, 1.54) is 12.5 Å². The van der Waals surface area contributed by atoms with Gasteiger partial charge in [0.05, 0.1) is 6.33 Å². The number of nitrogens with one attached hydrogen (secondary N) is 1. The Morgan fingerprint density at radius 2 is 2.22 bits per heavy atom. The Bertz CT molecular complexity index is 497. The molecule has 0 aliphatic heterocycles. The van der Waals surface area contributed by atoms with Crippen LogP contribution in [-0.2, 0) is 17.1 Å². The van der Waals surface area contributed by atoms with Gasteiger partial charge in [-0.1, -0.05) is 12.8 Å². The summed E-state index contributed by atoms with van der Waals surface area (Å²) in [6, 6.07) is -0.184. The Labute approximate surface area is 107 Å². The van der Waals surface area contributed by atoms with Crippen molar-refractivity contribution in [1.82, 2.24) is 14.3 Å². The third kappa shape index (κ3) is 2.90. The van der Waals surface area contributed by atoms with E-state index in [0.29, 0.717) is 0 Å². The van der Waals surface area contributed by atoms with E-state index in [1.807, 2.05) is 0 Å². The fraction of sp³-hybridized carbons (Fsp3) is 0.727. The highest BCUT2D eigenvalue weighted by Crippen LogP contribution is 2.25. The molecule has 0 aromatic carbocycles. The van der Waals surface area contributed by atoms with Crippen LogP contribution >= 0.6 is 0 Å². The highest BCUT2D eigenvalue weighted by Gasteiger charge is 2.29. The molecule has 7 heteroatoms. The standard InChI is InChI=1S/C11H19N3O3S/c1-14-6-11(12-8-14)18(16,17)13-10-5-3-2-4-9(10)7-15/h6,8-10,13,15H,2-5,7H2,1H3. The van der Waals surface area contributed by atoms with Crippen molar-refractivity contribution in [2.75, 3.05) is 6.61 Å². The highest BCUT2D eigenvalue weighted by molar-refractivity contribution is 7.89. The Hall–Kier alpha value is -0.920. The minimum atomic E-state index is -3.58. The molecule has 2 atom stereocenters. The molecule has 1 saturated carbocycles. The molecule has 1 aliphatic carbocycles. The van der Waals surface area contributed by atoms with Gasteiger partial charge in [0.1, 0.15) is 0 Å². The van der Waals surface area contributed by atoms with E-state index in [0.717, 1.165) is 25.7 Å². The second-order valence-corrected chi connectivity index (χ2v) is 6.49. The predicted molar refractivity (Wildman–Crippen MR) is 66.4 cm³/mol. The third-order valence-electron chi connectivity index (χ3n) is 3.41. The topological polar surface area (TPSA) is 84.2 Å². The van der Waals surface area contributed by atoms with Crippen molar-refractivity contribution in [3.63, 3.8) is 0 Å². The molecule has 1 aromatic heterocycles. The number of sulfonamides is 1. The Morgan fingerprint density at radius 3 is 2.83 bits per heavy atom. The molecule has 1 aliphatic rings. The molecule has 0 amide bonds. The number of imidazole rings is 1. The van der Waals surface area contributed by atoms with Gasteiger partial charge in [0.25, 0.3) is 10.0 Å². The molecule has 0 radical (unpaired) electrons. The van der Waals surface area contributed by atoms with Crippen LogP contribution in [0.15, 0.2) is 17.6 Å². The van der Waals surface area contributed by atoms with Gasteiger partial charge >= 0.3 is 0 Å². The lowest BCUT2D eigenvalue weighted by Gasteiger charge is -2.30. The van der Waals surface area contributed by atoms with E-state index in [-0.39, 0.29) is 23.6 Å². The molecular weight excluding hydrogens is 254 g/mol. The fourth-order valence-corrected chi connectivity index (χ4v) is 3.69. The van der Waals surface area contributed by atoms with Crippen LogP contribution in [0, 0.1) is 5.92 Å². The van der Waals surface area contributed by atoms with Gasteiger partial charge in [-0.25, -0.2) is 18.1 Å². The average molecular weight is 273 g/mol. The number of aliphatic hydroxyl groups is 1. The predicted octanol–water partition coefficient (Wildman–Crippen LogP) is 0.249. The van der Waals surface area contributed by atoms with E-state index < -0.39 is 10.0 Å². The van der Waals surface area contributed by atoms with E-state index >= 15 is 0 Å². The van der Waals surface area contributed by atoms with Crippen molar-refractivity contribution >= 4 is 10.0 Å². The van der Waals surface area contributed by atoms with E-state index in [4.69, 9.17) is 0 Å². The van der Waals surface area contributed by atoms with Crippen LogP contribution in [0.1, 0.15) is 25.7 Å². The van der Waals surface area contributed by atoms with Crippen LogP contribution in [0.4, 0.5) is 0 Å². The van der Waals surface area contributed by atoms with Crippen LogP contribution < -0.4 is 4.72 Å². The molecular formula is C11H19N3O3S. The first-order valence-corrected chi connectivity index (χ1v) is 7.62. The maximum atomic E-state index is 12.1. The lowest BCUT2D eigenvalue weighted by molar-refractivity contribution is 0.164. The van der Waals surface area contributed by atoms with Gasteiger partial charge in [0, 0.05) is 25.9 Å². The highest BCUT2D eigenvalue weighted by atomic mass is 32.2. The van der Waals surface area contributed by atoms with Crippen LogP contribution in [0.2, 0.25) is 0 Å². The molecule has 0 bridgehead atoms. The van der Waals surface area contributed by atoms with Gasteiger partial charge in [-0.05, 0) is 18.8 Å². The van der Waals surface area contributed by atoms with Crippen molar-refractivity contribution in [3.8, 4) is 0 Å². The molecule has 0 saturated heterocycles. The molecule has 102 valence electrons. The van der Waals surface area contributed by atoms with E-state index in [9.17, 15) is 13.5 Å². The fourth-order valence-electron chi connectivity index (χ4n) is 2.37. The number of aromatic nitrogens is 2. The summed E-state index contributed by atoms with van der Waals surface area (Å²) in [5.74, 6) is 0.0113. The van der Waals surface area contributed by atoms with Crippen LogP contribution in [0.3, 0.4) is 0 Å². The van der Waals surface area contributed by atoms with Crippen molar-refractivity contribution in [3.05, 3.63) is 12.5 Å². The number of aryl methyl sites for hydroxylation is 1. The van der Waals surface area contributed by atoms with E-state index in [2.05, 4.69) is 9.71 Å². The number of hydrogen-bond acceptors (Lipinski definition) is 4. The van der Waals surface area contributed by atoms with Gasteiger partial charge in [-0.15, -0.1) is 0 Å². The van der Waals surface area contributed by atoms with Crippen LogP contribution in [0.25, 0.3) is 0 Å². The summed E-state index contributed by atoms with van der Waals surface area (Å²) in [6.07, 6.45) is 6.61. The molecule has 2 unspecified atom stereocenters.